The zero-order valence-electron chi connectivity index (χ0n) is 18.2. The fraction of sp³-hybridized carbons (Fsp3) is 0.900. The van der Waals surface area contributed by atoms with Crippen LogP contribution in [0.4, 0.5) is 0 Å². The van der Waals surface area contributed by atoms with E-state index in [-0.39, 0.29) is 29.3 Å². The minimum absolute atomic E-state index is 0.0336. The molecule has 0 aromatic carbocycles. The predicted octanol–water partition coefficient (Wildman–Crippen LogP) is 3.63. The molecule has 0 spiro atoms. The van der Waals surface area contributed by atoms with Gasteiger partial charge in [0.05, 0.1) is 31.1 Å². The summed E-state index contributed by atoms with van der Waals surface area (Å²) in [7, 11) is -2.01. The van der Waals surface area contributed by atoms with E-state index in [1.807, 2.05) is 13.8 Å². The number of carbonyl (C=O) groups excluding carboxylic acids is 1. The average molecular weight is 414 g/mol. The minimum atomic E-state index is -2.01. The molecular formula is C20H35NO6Si. The first-order valence-electron chi connectivity index (χ1n) is 10.3. The molecule has 0 saturated carbocycles. The van der Waals surface area contributed by atoms with Crippen LogP contribution in [0.5, 0.6) is 0 Å². The molecule has 0 aromatic rings. The third kappa shape index (κ3) is 4.78. The fourth-order valence-electron chi connectivity index (χ4n) is 3.67. The van der Waals surface area contributed by atoms with E-state index in [0.717, 1.165) is 5.71 Å². The number of rotatable bonds is 5. The summed E-state index contributed by atoms with van der Waals surface area (Å²) in [6, 6.07) is 0. The second-order valence-electron chi connectivity index (χ2n) is 10.1. The SMILES string of the molecule is CC1(C)OC[C@@H](CC2=NOC(C3C(=O)OCC[C@@H]3O[Si](C)(C)C(C)(C)C)C2)O1. The highest BCUT2D eigenvalue weighted by Crippen LogP contribution is 2.40. The topological polar surface area (TPSA) is 75.6 Å². The number of cyclic esters (lactones) is 1. The number of esters is 1. The molecule has 0 N–H and O–H groups in total. The molecule has 7 nitrogen and oxygen atoms in total. The molecule has 0 aromatic heterocycles. The van der Waals surface area contributed by atoms with Gasteiger partial charge in [-0.3, -0.25) is 4.79 Å². The Bertz CT molecular complexity index is 627. The Labute approximate surface area is 169 Å². The van der Waals surface area contributed by atoms with Gasteiger partial charge in [0.1, 0.15) is 12.0 Å². The van der Waals surface area contributed by atoms with Gasteiger partial charge in [0.25, 0.3) is 0 Å². The molecule has 160 valence electrons. The average Bonchev–Trinajstić information content (AvgIpc) is 3.12. The second-order valence-corrected chi connectivity index (χ2v) is 14.8. The Hall–Kier alpha value is -0.963. The summed E-state index contributed by atoms with van der Waals surface area (Å²) >= 11 is 0. The zero-order chi connectivity index (χ0) is 20.7. The number of ether oxygens (including phenoxy) is 3. The lowest BCUT2D eigenvalue weighted by molar-refractivity contribution is -0.168. The van der Waals surface area contributed by atoms with Crippen molar-refractivity contribution in [1.29, 1.82) is 0 Å². The molecule has 2 unspecified atom stereocenters. The van der Waals surface area contributed by atoms with Crippen molar-refractivity contribution < 1.29 is 28.3 Å². The minimum Gasteiger partial charge on any atom is -0.465 e. The van der Waals surface area contributed by atoms with E-state index < -0.39 is 20.0 Å². The third-order valence-corrected chi connectivity index (χ3v) is 10.8. The molecule has 3 heterocycles. The molecule has 0 radical (unpaired) electrons. The van der Waals surface area contributed by atoms with Crippen LogP contribution in [0, 0.1) is 5.92 Å². The Morgan fingerprint density at radius 1 is 1.29 bits per heavy atom. The highest BCUT2D eigenvalue weighted by molar-refractivity contribution is 6.74. The van der Waals surface area contributed by atoms with Gasteiger partial charge in [-0.2, -0.15) is 0 Å². The quantitative estimate of drug-likeness (QED) is 0.506. The number of hydrogen-bond acceptors (Lipinski definition) is 7. The maximum atomic E-state index is 12.6. The van der Waals surface area contributed by atoms with Crippen molar-refractivity contribution in [1.82, 2.24) is 0 Å². The predicted molar refractivity (Wildman–Crippen MR) is 108 cm³/mol. The van der Waals surface area contributed by atoms with E-state index in [9.17, 15) is 4.79 Å². The van der Waals surface area contributed by atoms with E-state index in [4.69, 9.17) is 23.5 Å². The van der Waals surface area contributed by atoms with Crippen LogP contribution in [0.2, 0.25) is 18.1 Å². The monoisotopic (exact) mass is 413 g/mol. The molecule has 0 bridgehead atoms. The Morgan fingerprint density at radius 3 is 2.61 bits per heavy atom. The molecule has 3 aliphatic heterocycles. The molecule has 3 rings (SSSR count). The third-order valence-electron chi connectivity index (χ3n) is 6.26. The molecule has 0 amide bonds. The fourth-order valence-corrected chi connectivity index (χ4v) is 5.05. The number of oxime groups is 1. The molecule has 2 fully saturated rings. The molecule has 2 saturated heterocycles. The van der Waals surface area contributed by atoms with Gasteiger partial charge in [0.15, 0.2) is 14.1 Å². The Balaban J connectivity index is 1.63. The van der Waals surface area contributed by atoms with Gasteiger partial charge in [0, 0.05) is 19.3 Å². The molecule has 0 aliphatic carbocycles. The van der Waals surface area contributed by atoms with Crippen molar-refractivity contribution in [2.45, 2.75) is 96.1 Å². The van der Waals surface area contributed by atoms with Crippen LogP contribution in [-0.2, 0) is 28.3 Å². The molecular weight excluding hydrogens is 378 g/mol. The lowest BCUT2D eigenvalue weighted by atomic mass is 9.89. The summed E-state index contributed by atoms with van der Waals surface area (Å²) in [6.07, 6.45) is 1.38. The van der Waals surface area contributed by atoms with Crippen LogP contribution < -0.4 is 0 Å². The smallest absolute Gasteiger partial charge is 0.315 e. The molecule has 28 heavy (non-hydrogen) atoms. The van der Waals surface area contributed by atoms with E-state index >= 15 is 0 Å². The van der Waals surface area contributed by atoms with Gasteiger partial charge in [-0.15, -0.1) is 0 Å². The molecule has 3 aliphatic rings. The summed E-state index contributed by atoms with van der Waals surface area (Å²) in [5, 5.41) is 4.32. The van der Waals surface area contributed by atoms with Crippen LogP contribution in [-0.4, -0.2) is 57.3 Å². The normalized spacial score (nSPS) is 33.4. The summed E-state index contributed by atoms with van der Waals surface area (Å²) in [4.78, 5) is 18.3. The summed E-state index contributed by atoms with van der Waals surface area (Å²) in [5.41, 5.74) is 0.903. The number of nitrogens with zero attached hydrogens (tertiary/aromatic N) is 1. The van der Waals surface area contributed by atoms with E-state index in [1.54, 1.807) is 0 Å². The van der Waals surface area contributed by atoms with Crippen LogP contribution in [0.3, 0.4) is 0 Å². The van der Waals surface area contributed by atoms with E-state index in [2.05, 4.69) is 39.0 Å². The first-order valence-corrected chi connectivity index (χ1v) is 13.2. The van der Waals surface area contributed by atoms with E-state index in [1.165, 1.54) is 0 Å². The van der Waals surface area contributed by atoms with Gasteiger partial charge in [-0.05, 0) is 32.0 Å². The van der Waals surface area contributed by atoms with E-state index in [0.29, 0.717) is 32.5 Å². The zero-order valence-corrected chi connectivity index (χ0v) is 19.2. The van der Waals surface area contributed by atoms with Crippen LogP contribution in [0.1, 0.15) is 53.9 Å². The van der Waals surface area contributed by atoms with Gasteiger partial charge in [0.2, 0.25) is 0 Å². The van der Waals surface area contributed by atoms with Crippen LogP contribution in [0.15, 0.2) is 5.16 Å². The maximum Gasteiger partial charge on any atom is 0.315 e. The lowest BCUT2D eigenvalue weighted by Crippen LogP contribution is -2.52. The van der Waals surface area contributed by atoms with Gasteiger partial charge >= 0.3 is 5.97 Å². The summed E-state index contributed by atoms with van der Waals surface area (Å²) in [5.74, 6) is -1.24. The summed E-state index contributed by atoms with van der Waals surface area (Å²) in [6.45, 7) is 15.8. The molecule has 4 atom stereocenters. The Morgan fingerprint density at radius 2 is 2.00 bits per heavy atom. The number of carbonyl (C=O) groups is 1. The largest absolute Gasteiger partial charge is 0.465 e. The van der Waals surface area contributed by atoms with Crippen molar-refractivity contribution in [2.24, 2.45) is 11.1 Å². The lowest BCUT2D eigenvalue weighted by Gasteiger charge is -2.42. The van der Waals surface area contributed by atoms with Crippen molar-refractivity contribution in [2.75, 3.05) is 13.2 Å². The highest BCUT2D eigenvalue weighted by atomic mass is 28.4. The number of hydrogen-bond donors (Lipinski definition) is 0. The van der Waals surface area contributed by atoms with Crippen LogP contribution >= 0.6 is 0 Å². The van der Waals surface area contributed by atoms with Crippen molar-refractivity contribution >= 4 is 20.0 Å². The van der Waals surface area contributed by atoms with Gasteiger partial charge < -0.3 is 23.5 Å². The van der Waals surface area contributed by atoms with Crippen molar-refractivity contribution in [3.05, 3.63) is 0 Å². The first kappa shape index (κ1) is 21.7. The summed E-state index contributed by atoms with van der Waals surface area (Å²) < 4.78 is 23.4. The van der Waals surface area contributed by atoms with Crippen LogP contribution in [0.25, 0.3) is 0 Å². The second kappa shape index (κ2) is 7.70. The first-order chi connectivity index (χ1) is 12.9. The maximum absolute atomic E-state index is 12.6. The Kier molecular flexibility index (Phi) is 5.98. The van der Waals surface area contributed by atoms with Gasteiger partial charge in [-0.1, -0.05) is 25.9 Å². The van der Waals surface area contributed by atoms with Gasteiger partial charge in [-0.25, -0.2) is 0 Å². The molecule has 8 heteroatoms. The highest BCUT2D eigenvalue weighted by Gasteiger charge is 2.49. The van der Waals surface area contributed by atoms with Crippen molar-refractivity contribution in [3.8, 4) is 0 Å². The van der Waals surface area contributed by atoms with Crippen molar-refractivity contribution in [3.63, 3.8) is 0 Å². The standard InChI is InChI=1S/C20H35NO6Si/c1-19(2,3)28(6,7)27-15-8-9-23-18(22)17(15)16-11-13(21-26-16)10-14-12-24-20(4,5)25-14/h14-17H,8-12H2,1-7H3/t14-,15+,16?,17?/m1/s1.